The molecule has 0 bridgehead atoms. The fourth-order valence-corrected chi connectivity index (χ4v) is 4.87. The van der Waals surface area contributed by atoms with Crippen molar-refractivity contribution in [2.24, 2.45) is 0 Å². The average Bonchev–Trinajstić information content (AvgIpc) is 3.18. The highest BCUT2D eigenvalue weighted by molar-refractivity contribution is 7.91. The van der Waals surface area contributed by atoms with Gasteiger partial charge in [0.1, 0.15) is 12.4 Å². The van der Waals surface area contributed by atoms with Crippen molar-refractivity contribution in [2.45, 2.75) is 58.3 Å². The summed E-state index contributed by atoms with van der Waals surface area (Å²) in [4.78, 5) is 31.5. The van der Waals surface area contributed by atoms with Gasteiger partial charge in [-0.15, -0.1) is 0 Å². The number of nitrogens with zero attached hydrogens (tertiary/aromatic N) is 2. The van der Waals surface area contributed by atoms with E-state index in [0.717, 1.165) is 30.8 Å². The monoisotopic (exact) mass is 398 g/mol. The number of nitrogens with one attached hydrogen (secondary N) is 2. The van der Waals surface area contributed by atoms with Gasteiger partial charge >= 0.3 is 6.03 Å². The van der Waals surface area contributed by atoms with Crippen LogP contribution in [0.1, 0.15) is 63.4 Å². The van der Waals surface area contributed by atoms with Crippen LogP contribution in [0.3, 0.4) is 0 Å². The normalized spacial score (nSPS) is 16.0. The Labute approximate surface area is 161 Å². The summed E-state index contributed by atoms with van der Waals surface area (Å²) in [7, 11) is -3.15. The van der Waals surface area contributed by atoms with Gasteiger partial charge in [-0.05, 0) is 19.3 Å². The van der Waals surface area contributed by atoms with Crippen molar-refractivity contribution in [3.63, 3.8) is 0 Å². The van der Waals surface area contributed by atoms with Gasteiger partial charge in [-0.2, -0.15) is 0 Å². The lowest BCUT2D eigenvalue weighted by Gasteiger charge is -2.13. The van der Waals surface area contributed by atoms with Gasteiger partial charge in [0, 0.05) is 30.8 Å². The summed E-state index contributed by atoms with van der Waals surface area (Å²) in [6.45, 7) is 4.60. The van der Waals surface area contributed by atoms with Crippen LogP contribution < -0.4 is 5.32 Å². The van der Waals surface area contributed by atoms with E-state index in [0.29, 0.717) is 25.8 Å². The minimum atomic E-state index is -3.15. The number of H-pyrrole nitrogens is 1. The standard InChI is InChI=1S/C18H30N4O4S/c1-3-4-8-16-19-11-15(20-16)14(2)13-27(25,26)10-7-5-6-9-22-12-17(23)21-18(22)24/h11,14H,3-10,12-13H2,1-2H3,(H,19,20)(H,21,23,24). The first-order valence-corrected chi connectivity index (χ1v) is 11.5. The van der Waals surface area contributed by atoms with E-state index in [-0.39, 0.29) is 35.9 Å². The van der Waals surface area contributed by atoms with Gasteiger partial charge in [0.15, 0.2) is 9.84 Å². The average molecular weight is 399 g/mol. The second-order valence-corrected chi connectivity index (χ2v) is 9.47. The molecule has 1 atom stereocenters. The van der Waals surface area contributed by atoms with Crippen LogP contribution in [-0.2, 0) is 21.1 Å². The number of aromatic nitrogens is 2. The number of unbranched alkanes of at least 4 members (excludes halogenated alkanes) is 3. The van der Waals surface area contributed by atoms with E-state index >= 15 is 0 Å². The molecule has 3 amide bonds. The summed E-state index contributed by atoms with van der Waals surface area (Å²) in [6.07, 6.45) is 6.74. The number of hydrogen-bond acceptors (Lipinski definition) is 5. The molecule has 1 aliphatic heterocycles. The molecule has 0 aromatic carbocycles. The summed E-state index contributed by atoms with van der Waals surface area (Å²) >= 11 is 0. The number of aryl methyl sites for hydroxylation is 1. The molecule has 1 saturated heterocycles. The molecule has 2 heterocycles. The van der Waals surface area contributed by atoms with E-state index in [2.05, 4.69) is 22.2 Å². The highest BCUT2D eigenvalue weighted by Crippen LogP contribution is 2.17. The van der Waals surface area contributed by atoms with Crippen molar-refractivity contribution in [3.05, 3.63) is 17.7 Å². The molecule has 1 unspecified atom stereocenters. The van der Waals surface area contributed by atoms with Crippen LogP contribution in [0.25, 0.3) is 0 Å². The molecular formula is C18H30N4O4S. The summed E-state index contributed by atoms with van der Waals surface area (Å²) in [6, 6.07) is -0.362. The SMILES string of the molecule is CCCCc1ncc(C(C)CS(=O)(=O)CCCCCN2CC(=O)NC2=O)[nH]1. The molecule has 1 aromatic rings. The quantitative estimate of drug-likeness (QED) is 0.413. The summed E-state index contributed by atoms with van der Waals surface area (Å²) in [5, 5.41) is 2.23. The van der Waals surface area contributed by atoms with Crippen LogP contribution in [0, 0.1) is 0 Å². The Balaban J connectivity index is 1.69. The zero-order valence-corrected chi connectivity index (χ0v) is 17.0. The molecule has 1 aliphatic rings. The van der Waals surface area contributed by atoms with Gasteiger partial charge in [-0.25, -0.2) is 18.2 Å². The minimum Gasteiger partial charge on any atom is -0.346 e. The van der Waals surface area contributed by atoms with Gasteiger partial charge in [0.2, 0.25) is 5.91 Å². The lowest BCUT2D eigenvalue weighted by Crippen LogP contribution is -2.29. The number of amides is 3. The Morgan fingerprint density at radius 3 is 2.67 bits per heavy atom. The van der Waals surface area contributed by atoms with Crippen LogP contribution in [0.4, 0.5) is 4.79 Å². The molecule has 8 nitrogen and oxygen atoms in total. The summed E-state index contributed by atoms with van der Waals surface area (Å²) in [5.74, 6) is 0.760. The molecular weight excluding hydrogens is 368 g/mol. The highest BCUT2D eigenvalue weighted by Gasteiger charge is 2.25. The number of sulfone groups is 1. The lowest BCUT2D eigenvalue weighted by atomic mass is 10.1. The number of rotatable bonds is 12. The maximum absolute atomic E-state index is 12.4. The van der Waals surface area contributed by atoms with E-state index in [1.165, 1.54) is 4.90 Å². The Bertz CT molecular complexity index is 744. The summed E-state index contributed by atoms with van der Waals surface area (Å²) < 4.78 is 24.7. The molecule has 0 saturated carbocycles. The van der Waals surface area contributed by atoms with E-state index in [9.17, 15) is 18.0 Å². The number of imide groups is 1. The van der Waals surface area contributed by atoms with Gasteiger partial charge in [0.25, 0.3) is 0 Å². The molecule has 2 rings (SSSR count). The van der Waals surface area contributed by atoms with Gasteiger partial charge in [0.05, 0.1) is 11.5 Å². The van der Waals surface area contributed by atoms with E-state index in [1.807, 2.05) is 6.92 Å². The van der Waals surface area contributed by atoms with Crippen molar-refractivity contribution < 1.29 is 18.0 Å². The maximum atomic E-state index is 12.4. The second kappa shape index (κ2) is 9.87. The van der Waals surface area contributed by atoms with Crippen LogP contribution in [0.5, 0.6) is 0 Å². The number of carbonyl (C=O) groups is 2. The van der Waals surface area contributed by atoms with Crippen molar-refractivity contribution in [1.82, 2.24) is 20.2 Å². The first-order chi connectivity index (χ1) is 12.8. The van der Waals surface area contributed by atoms with Gasteiger partial charge in [-0.3, -0.25) is 10.1 Å². The third kappa shape index (κ3) is 6.97. The van der Waals surface area contributed by atoms with E-state index < -0.39 is 9.84 Å². The number of carbonyl (C=O) groups excluding carboxylic acids is 2. The van der Waals surface area contributed by atoms with Crippen molar-refractivity contribution in [1.29, 1.82) is 0 Å². The van der Waals surface area contributed by atoms with Crippen LogP contribution >= 0.6 is 0 Å². The van der Waals surface area contributed by atoms with Crippen molar-refractivity contribution in [3.8, 4) is 0 Å². The van der Waals surface area contributed by atoms with E-state index in [1.54, 1.807) is 6.20 Å². The fraction of sp³-hybridized carbons (Fsp3) is 0.722. The molecule has 9 heteroatoms. The number of urea groups is 1. The Morgan fingerprint density at radius 1 is 1.22 bits per heavy atom. The smallest absolute Gasteiger partial charge is 0.324 e. The predicted molar refractivity (Wildman–Crippen MR) is 103 cm³/mol. The first-order valence-electron chi connectivity index (χ1n) is 9.63. The van der Waals surface area contributed by atoms with Crippen LogP contribution in [0.2, 0.25) is 0 Å². The number of aromatic amines is 1. The predicted octanol–water partition coefficient (Wildman–Crippen LogP) is 1.99. The Hall–Kier alpha value is -1.90. The Kier molecular flexibility index (Phi) is 7.82. The van der Waals surface area contributed by atoms with Gasteiger partial charge in [-0.1, -0.05) is 26.7 Å². The second-order valence-electron chi connectivity index (χ2n) is 7.24. The van der Waals surface area contributed by atoms with E-state index in [4.69, 9.17) is 0 Å². The molecule has 1 aromatic heterocycles. The largest absolute Gasteiger partial charge is 0.346 e. The number of imidazole rings is 1. The molecule has 27 heavy (non-hydrogen) atoms. The van der Waals surface area contributed by atoms with Crippen LogP contribution in [-0.4, -0.2) is 59.8 Å². The third-order valence-corrected chi connectivity index (χ3v) is 6.62. The van der Waals surface area contributed by atoms with Gasteiger partial charge < -0.3 is 9.88 Å². The zero-order chi connectivity index (χ0) is 19.9. The molecule has 2 N–H and O–H groups in total. The molecule has 152 valence electrons. The minimum absolute atomic E-state index is 0.0963. The van der Waals surface area contributed by atoms with Crippen molar-refractivity contribution in [2.75, 3.05) is 24.6 Å². The first kappa shape index (κ1) is 21.4. The maximum Gasteiger partial charge on any atom is 0.324 e. The third-order valence-electron chi connectivity index (χ3n) is 4.70. The molecule has 0 radical (unpaired) electrons. The lowest BCUT2D eigenvalue weighted by molar-refractivity contribution is -0.118. The van der Waals surface area contributed by atoms with Crippen molar-refractivity contribution >= 4 is 21.8 Å². The topological polar surface area (TPSA) is 112 Å². The molecule has 0 aliphatic carbocycles. The zero-order valence-electron chi connectivity index (χ0n) is 16.2. The number of hydrogen-bond donors (Lipinski definition) is 2. The fourth-order valence-electron chi connectivity index (χ4n) is 3.12. The van der Waals surface area contributed by atoms with Crippen LogP contribution in [0.15, 0.2) is 6.20 Å². The summed E-state index contributed by atoms with van der Waals surface area (Å²) in [5.41, 5.74) is 0.870. The molecule has 1 fully saturated rings. The Morgan fingerprint density at radius 2 is 2.00 bits per heavy atom. The highest BCUT2D eigenvalue weighted by atomic mass is 32.2. The molecule has 0 spiro atoms.